The number of thiophene rings is 1. The summed E-state index contributed by atoms with van der Waals surface area (Å²) in [5, 5.41) is 3.57. The maximum Gasteiger partial charge on any atom is 0.0300 e. The minimum atomic E-state index is 0.528. The summed E-state index contributed by atoms with van der Waals surface area (Å²) in [6, 6.07) is 9.08. The third kappa shape index (κ3) is 4.24. The highest BCUT2D eigenvalue weighted by atomic mass is 32.1. The van der Waals surface area contributed by atoms with Crippen molar-refractivity contribution in [2.45, 2.75) is 32.7 Å². The largest absolute Gasteiger partial charge is 0.314 e. The molecule has 0 bridgehead atoms. The van der Waals surface area contributed by atoms with E-state index in [0.717, 1.165) is 19.4 Å². The Morgan fingerprint density at radius 1 is 1.33 bits per heavy atom. The number of nitrogens with zero attached hydrogens (tertiary/aromatic N) is 1. The lowest BCUT2D eigenvalue weighted by molar-refractivity contribution is 0.551. The summed E-state index contributed by atoms with van der Waals surface area (Å²) < 4.78 is 0. The second kappa shape index (κ2) is 6.66. The van der Waals surface area contributed by atoms with Crippen LogP contribution in [-0.4, -0.2) is 17.6 Å². The molecule has 96 valence electrons. The molecule has 18 heavy (non-hydrogen) atoms. The minimum Gasteiger partial charge on any atom is -0.314 e. The van der Waals surface area contributed by atoms with Gasteiger partial charge in [0.15, 0.2) is 0 Å². The first kappa shape index (κ1) is 13.2. The van der Waals surface area contributed by atoms with Crippen LogP contribution in [0.5, 0.6) is 0 Å². The zero-order chi connectivity index (χ0) is 12.8. The standard InChI is InChI=1S/C15H20N2S/c1-12(10-15-6-5-13(2)18-15)17-9-7-14-4-3-8-16-11-14/h3-6,8,11-12,17H,7,9-10H2,1-2H3. The molecule has 0 aromatic carbocycles. The van der Waals surface area contributed by atoms with Crippen molar-refractivity contribution in [3.05, 3.63) is 52.0 Å². The summed E-state index contributed by atoms with van der Waals surface area (Å²) in [5.74, 6) is 0. The lowest BCUT2D eigenvalue weighted by Crippen LogP contribution is -2.29. The average molecular weight is 260 g/mol. The van der Waals surface area contributed by atoms with E-state index in [2.05, 4.69) is 42.3 Å². The van der Waals surface area contributed by atoms with Gasteiger partial charge in [0.2, 0.25) is 0 Å². The zero-order valence-corrected chi connectivity index (χ0v) is 11.8. The molecular weight excluding hydrogens is 240 g/mol. The van der Waals surface area contributed by atoms with E-state index in [1.165, 1.54) is 15.3 Å². The molecular formula is C15H20N2S. The van der Waals surface area contributed by atoms with Gasteiger partial charge in [0, 0.05) is 28.2 Å². The monoisotopic (exact) mass is 260 g/mol. The Kier molecular flexibility index (Phi) is 4.90. The third-order valence-corrected chi connectivity index (χ3v) is 3.96. The molecule has 0 saturated carbocycles. The molecule has 2 heterocycles. The van der Waals surface area contributed by atoms with Crippen molar-refractivity contribution in [3.63, 3.8) is 0 Å². The maximum absolute atomic E-state index is 4.13. The summed E-state index contributed by atoms with van der Waals surface area (Å²) in [6.45, 7) is 5.42. The molecule has 3 heteroatoms. The molecule has 0 spiro atoms. The van der Waals surface area contributed by atoms with Gasteiger partial charge in [-0.15, -0.1) is 11.3 Å². The lowest BCUT2D eigenvalue weighted by Gasteiger charge is -2.12. The number of aryl methyl sites for hydroxylation is 1. The molecule has 0 aliphatic heterocycles. The van der Waals surface area contributed by atoms with Crippen molar-refractivity contribution in [1.29, 1.82) is 0 Å². The smallest absolute Gasteiger partial charge is 0.0300 e. The summed E-state index contributed by atoms with van der Waals surface area (Å²) >= 11 is 1.90. The highest BCUT2D eigenvalue weighted by Gasteiger charge is 2.04. The topological polar surface area (TPSA) is 24.9 Å². The van der Waals surface area contributed by atoms with Crippen LogP contribution in [0, 0.1) is 6.92 Å². The van der Waals surface area contributed by atoms with Crippen LogP contribution in [-0.2, 0) is 12.8 Å². The number of pyridine rings is 1. The van der Waals surface area contributed by atoms with Crippen molar-refractivity contribution < 1.29 is 0 Å². The summed E-state index contributed by atoms with van der Waals surface area (Å²) in [7, 11) is 0. The van der Waals surface area contributed by atoms with E-state index >= 15 is 0 Å². The van der Waals surface area contributed by atoms with Crippen LogP contribution in [0.4, 0.5) is 0 Å². The van der Waals surface area contributed by atoms with Crippen molar-refractivity contribution in [2.75, 3.05) is 6.54 Å². The van der Waals surface area contributed by atoms with E-state index in [9.17, 15) is 0 Å². The van der Waals surface area contributed by atoms with E-state index in [0.29, 0.717) is 6.04 Å². The highest BCUT2D eigenvalue weighted by Crippen LogP contribution is 2.16. The number of aromatic nitrogens is 1. The van der Waals surface area contributed by atoms with Crippen LogP contribution in [0.15, 0.2) is 36.7 Å². The first-order valence-corrected chi connectivity index (χ1v) is 7.23. The first-order valence-electron chi connectivity index (χ1n) is 6.41. The van der Waals surface area contributed by atoms with Crippen LogP contribution < -0.4 is 5.32 Å². The molecule has 0 aliphatic rings. The van der Waals surface area contributed by atoms with E-state index in [-0.39, 0.29) is 0 Å². The predicted molar refractivity (Wildman–Crippen MR) is 78.2 cm³/mol. The molecule has 2 aromatic rings. The van der Waals surface area contributed by atoms with Gasteiger partial charge in [-0.1, -0.05) is 6.07 Å². The van der Waals surface area contributed by atoms with Gasteiger partial charge in [0.05, 0.1) is 0 Å². The van der Waals surface area contributed by atoms with Gasteiger partial charge < -0.3 is 5.32 Å². The molecule has 2 rings (SSSR count). The van der Waals surface area contributed by atoms with Crippen molar-refractivity contribution in [1.82, 2.24) is 10.3 Å². The highest BCUT2D eigenvalue weighted by molar-refractivity contribution is 7.11. The van der Waals surface area contributed by atoms with Gasteiger partial charge in [-0.25, -0.2) is 0 Å². The van der Waals surface area contributed by atoms with Crippen molar-refractivity contribution in [3.8, 4) is 0 Å². The zero-order valence-electron chi connectivity index (χ0n) is 11.0. The van der Waals surface area contributed by atoms with Gasteiger partial charge in [0.1, 0.15) is 0 Å². The second-order valence-electron chi connectivity index (χ2n) is 4.68. The number of rotatable bonds is 6. The number of hydrogen-bond donors (Lipinski definition) is 1. The fourth-order valence-corrected chi connectivity index (χ4v) is 3.00. The molecule has 0 fully saturated rings. The van der Waals surface area contributed by atoms with Gasteiger partial charge in [-0.3, -0.25) is 4.98 Å². The van der Waals surface area contributed by atoms with Gasteiger partial charge in [-0.2, -0.15) is 0 Å². The Labute approximate surface area is 113 Å². The Bertz CT molecular complexity index is 464. The number of hydrogen-bond acceptors (Lipinski definition) is 3. The molecule has 1 atom stereocenters. The van der Waals surface area contributed by atoms with E-state index in [1.807, 2.05) is 29.8 Å². The predicted octanol–water partition coefficient (Wildman–Crippen LogP) is 3.21. The van der Waals surface area contributed by atoms with E-state index in [4.69, 9.17) is 0 Å². The molecule has 0 radical (unpaired) electrons. The van der Waals surface area contributed by atoms with E-state index in [1.54, 1.807) is 0 Å². The van der Waals surface area contributed by atoms with Crippen molar-refractivity contribution in [2.24, 2.45) is 0 Å². The molecule has 0 aliphatic carbocycles. The van der Waals surface area contributed by atoms with E-state index < -0.39 is 0 Å². The van der Waals surface area contributed by atoms with Crippen LogP contribution in [0.2, 0.25) is 0 Å². The Morgan fingerprint density at radius 3 is 2.89 bits per heavy atom. The third-order valence-electron chi connectivity index (χ3n) is 2.93. The normalized spacial score (nSPS) is 12.6. The van der Waals surface area contributed by atoms with Crippen LogP contribution in [0.1, 0.15) is 22.2 Å². The lowest BCUT2D eigenvalue weighted by atomic mass is 10.2. The van der Waals surface area contributed by atoms with Crippen LogP contribution in [0.25, 0.3) is 0 Å². The van der Waals surface area contributed by atoms with Gasteiger partial charge >= 0.3 is 0 Å². The second-order valence-corrected chi connectivity index (χ2v) is 6.06. The SMILES string of the molecule is Cc1ccc(CC(C)NCCc2cccnc2)s1. The van der Waals surface area contributed by atoms with Crippen LogP contribution in [0.3, 0.4) is 0 Å². The first-order chi connectivity index (χ1) is 8.74. The number of nitrogens with one attached hydrogen (secondary N) is 1. The fourth-order valence-electron chi connectivity index (χ4n) is 1.98. The quantitative estimate of drug-likeness (QED) is 0.862. The Morgan fingerprint density at radius 2 is 2.22 bits per heavy atom. The minimum absolute atomic E-state index is 0.528. The molecule has 2 aromatic heterocycles. The fraction of sp³-hybridized carbons (Fsp3) is 0.400. The maximum atomic E-state index is 4.13. The molecule has 0 amide bonds. The van der Waals surface area contributed by atoms with Crippen LogP contribution >= 0.6 is 11.3 Å². The molecule has 0 saturated heterocycles. The average Bonchev–Trinajstić information content (AvgIpc) is 2.76. The van der Waals surface area contributed by atoms with Gasteiger partial charge in [0.25, 0.3) is 0 Å². The Balaban J connectivity index is 1.70. The van der Waals surface area contributed by atoms with Crippen molar-refractivity contribution >= 4 is 11.3 Å². The molecule has 1 unspecified atom stereocenters. The Hall–Kier alpha value is -1.19. The molecule has 1 N–H and O–H groups in total. The molecule has 2 nitrogen and oxygen atoms in total. The summed E-state index contributed by atoms with van der Waals surface area (Å²) in [5.41, 5.74) is 1.30. The summed E-state index contributed by atoms with van der Waals surface area (Å²) in [6.07, 6.45) is 5.92. The summed E-state index contributed by atoms with van der Waals surface area (Å²) in [4.78, 5) is 6.99. The van der Waals surface area contributed by atoms with Gasteiger partial charge in [-0.05, 0) is 57.0 Å².